The number of amides is 1. The highest BCUT2D eigenvalue weighted by molar-refractivity contribution is 5.68. The van der Waals surface area contributed by atoms with Gasteiger partial charge >= 0.3 is 6.09 Å². The van der Waals surface area contributed by atoms with E-state index in [0.717, 1.165) is 25.3 Å². The SMILES string of the molecule is CC(C)(C)OC(=O)N1CCC(CCc2ccc(O)cc2F)CC1. The lowest BCUT2D eigenvalue weighted by atomic mass is 9.90. The first-order valence-electron chi connectivity index (χ1n) is 8.20. The zero-order valence-corrected chi connectivity index (χ0v) is 14.1. The Balaban J connectivity index is 1.77. The van der Waals surface area contributed by atoms with Gasteiger partial charge in [-0.1, -0.05) is 6.07 Å². The number of halogens is 1. The molecule has 1 amide bonds. The second-order valence-corrected chi connectivity index (χ2v) is 7.23. The number of carbonyl (C=O) groups excluding carboxylic acids is 1. The van der Waals surface area contributed by atoms with Gasteiger partial charge in [-0.05, 0) is 64.0 Å². The third-order valence-electron chi connectivity index (χ3n) is 4.12. The van der Waals surface area contributed by atoms with Crippen molar-refractivity contribution in [1.29, 1.82) is 0 Å². The molecule has 0 bridgehead atoms. The van der Waals surface area contributed by atoms with Crippen molar-refractivity contribution in [2.45, 2.75) is 52.1 Å². The van der Waals surface area contributed by atoms with Crippen molar-refractivity contribution >= 4 is 6.09 Å². The van der Waals surface area contributed by atoms with Crippen molar-refractivity contribution in [1.82, 2.24) is 4.90 Å². The van der Waals surface area contributed by atoms with E-state index in [2.05, 4.69) is 0 Å². The van der Waals surface area contributed by atoms with Crippen LogP contribution in [0.5, 0.6) is 5.75 Å². The number of nitrogens with zero attached hydrogens (tertiary/aromatic N) is 1. The summed E-state index contributed by atoms with van der Waals surface area (Å²) in [7, 11) is 0. The van der Waals surface area contributed by atoms with E-state index in [1.165, 1.54) is 6.07 Å². The molecule has 1 aliphatic heterocycles. The van der Waals surface area contributed by atoms with Gasteiger partial charge in [0.1, 0.15) is 17.2 Å². The fraction of sp³-hybridized carbons (Fsp3) is 0.611. The highest BCUT2D eigenvalue weighted by Crippen LogP contribution is 2.25. The fourth-order valence-corrected chi connectivity index (χ4v) is 2.83. The third kappa shape index (κ3) is 5.41. The Hall–Kier alpha value is -1.78. The number of aromatic hydroxyl groups is 1. The van der Waals surface area contributed by atoms with E-state index in [1.807, 2.05) is 20.8 Å². The second-order valence-electron chi connectivity index (χ2n) is 7.23. The minimum absolute atomic E-state index is 0.0445. The number of hydrogen-bond donors (Lipinski definition) is 1. The van der Waals surface area contributed by atoms with Crippen LogP contribution in [-0.2, 0) is 11.2 Å². The van der Waals surface area contributed by atoms with Crippen molar-refractivity contribution < 1.29 is 19.0 Å². The smallest absolute Gasteiger partial charge is 0.410 e. The van der Waals surface area contributed by atoms with Gasteiger partial charge in [0.15, 0.2) is 0 Å². The molecular weight excluding hydrogens is 297 g/mol. The molecular formula is C18H26FNO3. The molecule has 1 saturated heterocycles. The van der Waals surface area contributed by atoms with E-state index in [-0.39, 0.29) is 17.7 Å². The lowest BCUT2D eigenvalue weighted by Crippen LogP contribution is -2.41. The van der Waals surface area contributed by atoms with E-state index >= 15 is 0 Å². The topological polar surface area (TPSA) is 49.8 Å². The molecule has 0 radical (unpaired) electrons. The second kappa shape index (κ2) is 7.20. The first-order chi connectivity index (χ1) is 10.7. The summed E-state index contributed by atoms with van der Waals surface area (Å²) in [4.78, 5) is 13.8. The first-order valence-corrected chi connectivity index (χ1v) is 8.20. The van der Waals surface area contributed by atoms with Gasteiger partial charge in [-0.3, -0.25) is 0 Å². The van der Waals surface area contributed by atoms with Crippen LogP contribution in [0.4, 0.5) is 9.18 Å². The Morgan fingerprint density at radius 1 is 1.35 bits per heavy atom. The van der Waals surface area contributed by atoms with E-state index in [0.29, 0.717) is 31.0 Å². The predicted octanol–water partition coefficient (Wildman–Crippen LogP) is 4.11. The summed E-state index contributed by atoms with van der Waals surface area (Å²) in [5, 5.41) is 9.23. The number of aryl methyl sites for hydroxylation is 1. The Kier molecular flexibility index (Phi) is 5.50. The summed E-state index contributed by atoms with van der Waals surface area (Å²) in [5.74, 6) is 0.0926. The van der Waals surface area contributed by atoms with Gasteiger partial charge in [0.2, 0.25) is 0 Å². The van der Waals surface area contributed by atoms with Gasteiger partial charge in [-0.2, -0.15) is 0 Å². The third-order valence-corrected chi connectivity index (χ3v) is 4.12. The van der Waals surface area contributed by atoms with Crippen LogP contribution in [-0.4, -0.2) is 34.8 Å². The molecule has 1 heterocycles. The molecule has 1 aliphatic rings. The maximum Gasteiger partial charge on any atom is 0.410 e. The summed E-state index contributed by atoms with van der Waals surface area (Å²) < 4.78 is 19.1. The van der Waals surface area contributed by atoms with Crippen LogP contribution < -0.4 is 0 Å². The monoisotopic (exact) mass is 323 g/mol. The van der Waals surface area contributed by atoms with Crippen LogP contribution in [0, 0.1) is 11.7 Å². The van der Waals surface area contributed by atoms with E-state index in [9.17, 15) is 14.3 Å². The van der Waals surface area contributed by atoms with E-state index in [1.54, 1.807) is 11.0 Å². The number of hydrogen-bond acceptors (Lipinski definition) is 3. The summed E-state index contributed by atoms with van der Waals surface area (Å²) in [6.07, 6.45) is 3.13. The molecule has 128 valence electrons. The number of carbonyl (C=O) groups is 1. The van der Waals surface area contributed by atoms with Gasteiger partial charge in [-0.25, -0.2) is 9.18 Å². The number of likely N-dealkylation sites (tertiary alicyclic amines) is 1. The molecule has 1 fully saturated rings. The Labute approximate surface area is 137 Å². The van der Waals surface area contributed by atoms with Crippen LogP contribution in [0.15, 0.2) is 18.2 Å². The average Bonchev–Trinajstić information content (AvgIpc) is 2.45. The average molecular weight is 323 g/mol. The quantitative estimate of drug-likeness (QED) is 0.910. The Bertz CT molecular complexity index is 546. The van der Waals surface area contributed by atoms with Crippen LogP contribution in [0.2, 0.25) is 0 Å². The molecule has 4 nitrogen and oxygen atoms in total. The van der Waals surface area contributed by atoms with Crippen LogP contribution in [0.1, 0.15) is 45.6 Å². The molecule has 1 aromatic carbocycles. The maximum atomic E-state index is 13.7. The summed E-state index contributed by atoms with van der Waals surface area (Å²) >= 11 is 0. The number of ether oxygens (including phenoxy) is 1. The summed E-state index contributed by atoms with van der Waals surface area (Å²) in [5.41, 5.74) is 0.169. The van der Waals surface area contributed by atoms with E-state index < -0.39 is 5.60 Å². The van der Waals surface area contributed by atoms with Gasteiger partial charge in [0, 0.05) is 19.2 Å². The van der Waals surface area contributed by atoms with Crippen molar-refractivity contribution in [3.63, 3.8) is 0 Å². The Morgan fingerprint density at radius 2 is 2.00 bits per heavy atom. The molecule has 23 heavy (non-hydrogen) atoms. The molecule has 5 heteroatoms. The molecule has 0 atom stereocenters. The molecule has 0 aromatic heterocycles. The van der Waals surface area contributed by atoms with Crippen LogP contribution in [0.25, 0.3) is 0 Å². The number of phenolic OH excluding ortho intramolecular Hbond substituents is 1. The zero-order chi connectivity index (χ0) is 17.0. The molecule has 0 aliphatic carbocycles. The van der Waals surface area contributed by atoms with Crippen LogP contribution in [0.3, 0.4) is 0 Å². The minimum atomic E-state index is -0.468. The van der Waals surface area contributed by atoms with E-state index in [4.69, 9.17) is 4.74 Å². The molecule has 0 spiro atoms. The lowest BCUT2D eigenvalue weighted by molar-refractivity contribution is 0.0181. The molecule has 0 unspecified atom stereocenters. The van der Waals surface area contributed by atoms with Crippen molar-refractivity contribution in [2.24, 2.45) is 5.92 Å². The largest absolute Gasteiger partial charge is 0.508 e. The molecule has 1 aromatic rings. The summed E-state index contributed by atoms with van der Waals surface area (Å²) in [6.45, 7) is 6.98. The fourth-order valence-electron chi connectivity index (χ4n) is 2.83. The van der Waals surface area contributed by atoms with Crippen molar-refractivity contribution in [2.75, 3.05) is 13.1 Å². The standard InChI is InChI=1S/C18H26FNO3/c1-18(2,3)23-17(22)20-10-8-13(9-11-20)4-5-14-6-7-15(21)12-16(14)19/h6-7,12-13,21H,4-5,8-11H2,1-3H3. The predicted molar refractivity (Wildman–Crippen MR) is 86.9 cm³/mol. The van der Waals surface area contributed by atoms with Gasteiger partial charge < -0.3 is 14.7 Å². The molecule has 0 saturated carbocycles. The highest BCUT2D eigenvalue weighted by atomic mass is 19.1. The van der Waals surface area contributed by atoms with Crippen molar-refractivity contribution in [3.8, 4) is 5.75 Å². The van der Waals surface area contributed by atoms with Gasteiger partial charge in [0.05, 0.1) is 0 Å². The highest BCUT2D eigenvalue weighted by Gasteiger charge is 2.26. The van der Waals surface area contributed by atoms with Crippen LogP contribution >= 0.6 is 0 Å². The normalized spacial score (nSPS) is 16.4. The maximum absolute atomic E-state index is 13.7. The zero-order valence-electron chi connectivity index (χ0n) is 14.1. The number of rotatable bonds is 3. The number of phenols is 1. The first kappa shape index (κ1) is 17.6. The number of benzene rings is 1. The minimum Gasteiger partial charge on any atom is -0.508 e. The van der Waals surface area contributed by atoms with Gasteiger partial charge in [0.25, 0.3) is 0 Å². The number of piperidine rings is 1. The van der Waals surface area contributed by atoms with Gasteiger partial charge in [-0.15, -0.1) is 0 Å². The molecule has 1 N–H and O–H groups in total. The summed E-state index contributed by atoms with van der Waals surface area (Å²) in [6, 6.07) is 4.31. The molecule has 2 rings (SSSR count). The lowest BCUT2D eigenvalue weighted by Gasteiger charge is -2.33. The van der Waals surface area contributed by atoms with Crippen molar-refractivity contribution in [3.05, 3.63) is 29.6 Å². The Morgan fingerprint density at radius 3 is 2.57 bits per heavy atom.